The topological polar surface area (TPSA) is 37.3 Å². The largest absolute Gasteiger partial charge is 0.481 e. The highest BCUT2D eigenvalue weighted by molar-refractivity contribution is 5.80. The summed E-state index contributed by atoms with van der Waals surface area (Å²) in [7, 11) is 0. The minimum atomic E-state index is -0.564. The van der Waals surface area contributed by atoms with Crippen LogP contribution in [-0.4, -0.2) is 11.1 Å². The van der Waals surface area contributed by atoms with Crippen molar-refractivity contribution in [1.82, 2.24) is 0 Å². The Hall–Kier alpha value is -0.530. The molecule has 0 saturated heterocycles. The molecule has 0 aromatic carbocycles. The van der Waals surface area contributed by atoms with Crippen molar-refractivity contribution in [3.8, 4) is 0 Å². The molecule has 1 N–H and O–H groups in total. The second-order valence-corrected chi connectivity index (χ2v) is 3.45. The van der Waals surface area contributed by atoms with Crippen LogP contribution in [0.25, 0.3) is 0 Å². The van der Waals surface area contributed by atoms with Gasteiger partial charge in [-0.2, -0.15) is 0 Å². The fraction of sp³-hybridized carbons (Fsp3) is 0.857. The molecule has 2 nitrogen and oxygen atoms in total. The van der Waals surface area contributed by atoms with E-state index in [2.05, 4.69) is 6.92 Å². The van der Waals surface area contributed by atoms with Gasteiger partial charge in [-0.15, -0.1) is 0 Å². The number of carboxylic acids is 1. The van der Waals surface area contributed by atoms with Gasteiger partial charge in [-0.05, 0) is 24.7 Å². The molecule has 2 fully saturated rings. The van der Waals surface area contributed by atoms with Crippen LogP contribution in [-0.2, 0) is 4.79 Å². The molecule has 0 heterocycles. The fourth-order valence-electron chi connectivity index (χ4n) is 2.20. The van der Waals surface area contributed by atoms with Crippen LogP contribution in [0.15, 0.2) is 0 Å². The van der Waals surface area contributed by atoms with Gasteiger partial charge in [-0.3, -0.25) is 4.79 Å². The Morgan fingerprint density at radius 3 is 2.44 bits per heavy atom. The maximum Gasteiger partial charge on any atom is 0.309 e. The zero-order chi connectivity index (χ0) is 6.65. The molecule has 50 valence electrons. The quantitative estimate of drug-likeness (QED) is 0.571. The van der Waals surface area contributed by atoms with E-state index in [9.17, 15) is 4.79 Å². The van der Waals surface area contributed by atoms with E-state index in [1.165, 1.54) is 0 Å². The lowest BCUT2D eigenvalue weighted by molar-refractivity contribution is -0.148. The van der Waals surface area contributed by atoms with Gasteiger partial charge in [0.15, 0.2) is 0 Å². The normalized spacial score (nSPS) is 53.4. The first kappa shape index (κ1) is 5.27. The molecule has 0 unspecified atom stereocenters. The van der Waals surface area contributed by atoms with E-state index in [-0.39, 0.29) is 5.41 Å². The highest BCUT2D eigenvalue weighted by atomic mass is 16.4. The Morgan fingerprint density at radius 1 is 1.67 bits per heavy atom. The predicted octanol–water partition coefficient (Wildman–Crippen LogP) is 1.12. The zero-order valence-electron chi connectivity index (χ0n) is 5.42. The summed E-state index contributed by atoms with van der Waals surface area (Å²) < 4.78 is 0. The van der Waals surface area contributed by atoms with Crippen molar-refractivity contribution in [2.45, 2.75) is 19.8 Å². The van der Waals surface area contributed by atoms with Crippen molar-refractivity contribution in [3.05, 3.63) is 0 Å². The van der Waals surface area contributed by atoms with Crippen molar-refractivity contribution in [1.29, 1.82) is 0 Å². The molecular formula is C7H10O2. The van der Waals surface area contributed by atoms with Crippen LogP contribution in [0.2, 0.25) is 0 Å². The van der Waals surface area contributed by atoms with Gasteiger partial charge in [0.05, 0.1) is 5.41 Å². The molecule has 2 aliphatic rings. The lowest BCUT2D eigenvalue weighted by Crippen LogP contribution is -2.31. The van der Waals surface area contributed by atoms with Gasteiger partial charge >= 0.3 is 5.97 Å². The monoisotopic (exact) mass is 126 g/mol. The summed E-state index contributed by atoms with van der Waals surface area (Å²) in [4.78, 5) is 10.5. The Balaban J connectivity index is 2.12. The van der Waals surface area contributed by atoms with Crippen LogP contribution in [0.3, 0.4) is 0 Å². The van der Waals surface area contributed by atoms with Crippen LogP contribution >= 0.6 is 0 Å². The molecule has 2 aliphatic carbocycles. The Bertz CT molecular complexity index is 176. The smallest absolute Gasteiger partial charge is 0.309 e. The van der Waals surface area contributed by atoms with E-state index < -0.39 is 5.97 Å². The standard InChI is InChI=1S/C7H10O2/c1-4-2-7(6(8)9)3-5(4)7/h4-5H,2-3H2,1H3,(H,8,9)/t4-,5-,7+/m1/s1. The van der Waals surface area contributed by atoms with E-state index in [1.807, 2.05) is 0 Å². The zero-order valence-corrected chi connectivity index (χ0v) is 5.42. The summed E-state index contributed by atoms with van der Waals surface area (Å²) in [6.45, 7) is 2.14. The number of fused-ring (bicyclic) bond motifs is 1. The number of rotatable bonds is 1. The third-order valence-electron chi connectivity index (χ3n) is 2.93. The molecule has 0 spiro atoms. The van der Waals surface area contributed by atoms with E-state index >= 15 is 0 Å². The van der Waals surface area contributed by atoms with Crippen molar-refractivity contribution in [2.24, 2.45) is 17.3 Å². The minimum absolute atomic E-state index is 0.223. The fourth-order valence-corrected chi connectivity index (χ4v) is 2.20. The van der Waals surface area contributed by atoms with E-state index in [4.69, 9.17) is 5.11 Å². The average Bonchev–Trinajstić information content (AvgIpc) is 2.36. The highest BCUT2D eigenvalue weighted by Crippen LogP contribution is 2.70. The minimum Gasteiger partial charge on any atom is -0.481 e. The second-order valence-electron chi connectivity index (χ2n) is 3.45. The van der Waals surface area contributed by atoms with Crippen molar-refractivity contribution in [2.75, 3.05) is 0 Å². The van der Waals surface area contributed by atoms with E-state index in [0.717, 1.165) is 12.8 Å². The lowest BCUT2D eigenvalue weighted by atomic mass is 9.76. The summed E-state index contributed by atoms with van der Waals surface area (Å²) in [5.74, 6) is 0.654. The van der Waals surface area contributed by atoms with Crippen LogP contribution in [0.1, 0.15) is 19.8 Å². The average molecular weight is 126 g/mol. The van der Waals surface area contributed by atoms with E-state index in [1.54, 1.807) is 0 Å². The van der Waals surface area contributed by atoms with Crippen LogP contribution in [0.4, 0.5) is 0 Å². The van der Waals surface area contributed by atoms with Gasteiger partial charge in [-0.1, -0.05) is 6.92 Å². The van der Waals surface area contributed by atoms with Crippen LogP contribution < -0.4 is 0 Å². The summed E-state index contributed by atoms with van der Waals surface area (Å²) in [6.07, 6.45) is 1.87. The molecule has 0 radical (unpaired) electrons. The first-order valence-corrected chi connectivity index (χ1v) is 3.40. The lowest BCUT2D eigenvalue weighted by Gasteiger charge is -2.27. The summed E-state index contributed by atoms with van der Waals surface area (Å²) in [5.41, 5.74) is -0.223. The molecule has 9 heavy (non-hydrogen) atoms. The summed E-state index contributed by atoms with van der Waals surface area (Å²) in [5, 5.41) is 8.65. The molecule has 0 aromatic rings. The maximum atomic E-state index is 10.5. The molecule has 0 amide bonds. The van der Waals surface area contributed by atoms with Crippen molar-refractivity contribution < 1.29 is 9.90 Å². The molecule has 0 aliphatic heterocycles. The molecule has 3 atom stereocenters. The number of aliphatic carboxylic acids is 1. The summed E-state index contributed by atoms with van der Waals surface area (Å²) >= 11 is 0. The maximum absolute atomic E-state index is 10.5. The number of carbonyl (C=O) groups is 1. The SMILES string of the molecule is C[C@@H]1C[C@]2(C(=O)O)C[C@H]12. The molecule has 0 bridgehead atoms. The third kappa shape index (κ3) is 0.406. The van der Waals surface area contributed by atoms with Gasteiger partial charge in [0.25, 0.3) is 0 Å². The number of hydrogen-bond acceptors (Lipinski definition) is 1. The van der Waals surface area contributed by atoms with Gasteiger partial charge in [-0.25, -0.2) is 0 Å². The first-order chi connectivity index (χ1) is 4.17. The Morgan fingerprint density at radius 2 is 2.33 bits per heavy atom. The molecule has 2 heteroatoms. The number of hydrogen-bond donors (Lipinski definition) is 1. The summed E-state index contributed by atoms with van der Waals surface area (Å²) in [6, 6.07) is 0. The van der Waals surface area contributed by atoms with Gasteiger partial charge < -0.3 is 5.11 Å². The first-order valence-electron chi connectivity index (χ1n) is 3.40. The van der Waals surface area contributed by atoms with Gasteiger partial charge in [0.1, 0.15) is 0 Å². The molecular weight excluding hydrogens is 116 g/mol. The molecule has 0 aromatic heterocycles. The van der Waals surface area contributed by atoms with Crippen LogP contribution in [0, 0.1) is 17.3 Å². The predicted molar refractivity (Wildman–Crippen MR) is 32.0 cm³/mol. The van der Waals surface area contributed by atoms with Gasteiger partial charge in [0, 0.05) is 0 Å². The van der Waals surface area contributed by atoms with Gasteiger partial charge in [0.2, 0.25) is 0 Å². The second kappa shape index (κ2) is 1.15. The highest BCUT2D eigenvalue weighted by Gasteiger charge is 2.70. The number of carboxylic acid groups (broad SMARTS) is 1. The third-order valence-corrected chi connectivity index (χ3v) is 2.93. The molecule has 2 rings (SSSR count). The van der Waals surface area contributed by atoms with E-state index in [0.29, 0.717) is 11.8 Å². The Labute approximate surface area is 53.9 Å². The van der Waals surface area contributed by atoms with Crippen molar-refractivity contribution >= 4 is 5.97 Å². The van der Waals surface area contributed by atoms with Crippen molar-refractivity contribution in [3.63, 3.8) is 0 Å². The van der Waals surface area contributed by atoms with Crippen LogP contribution in [0.5, 0.6) is 0 Å². The molecule has 2 saturated carbocycles. The Kier molecular flexibility index (Phi) is 0.675.